The van der Waals surface area contributed by atoms with Crippen molar-refractivity contribution in [3.8, 4) is 0 Å². The Morgan fingerprint density at radius 2 is 1.47 bits per heavy atom. The zero-order chi connectivity index (χ0) is 13.6. The van der Waals surface area contributed by atoms with Crippen molar-refractivity contribution >= 4 is 0 Å². The molecule has 2 heteroatoms. The first kappa shape index (κ1) is 14.0. The lowest BCUT2D eigenvalue weighted by Gasteiger charge is -2.32. The molecular formula is C15H25NO. The Hall–Kier alpha value is -1.05. The number of aromatic nitrogens is 1. The molecule has 0 unspecified atom stereocenters. The molecule has 0 amide bonds. The van der Waals surface area contributed by atoms with Crippen LogP contribution in [0.25, 0.3) is 0 Å². The van der Waals surface area contributed by atoms with Crippen LogP contribution in [0.5, 0.6) is 0 Å². The molecule has 0 saturated heterocycles. The van der Waals surface area contributed by atoms with Gasteiger partial charge in [-0.3, -0.25) is 4.79 Å². The SMILES string of the molecule is Cc1cc(=O)c(C(C)(C)C)c(C(C)(C)C)n1C. The first-order valence-corrected chi connectivity index (χ1v) is 6.18. The maximum atomic E-state index is 12.3. The molecule has 0 aliphatic carbocycles. The minimum Gasteiger partial charge on any atom is -0.351 e. The van der Waals surface area contributed by atoms with Gasteiger partial charge in [0.25, 0.3) is 0 Å². The molecule has 2 nitrogen and oxygen atoms in total. The average molecular weight is 235 g/mol. The molecule has 0 bridgehead atoms. The van der Waals surface area contributed by atoms with Gasteiger partial charge in [0.2, 0.25) is 0 Å². The van der Waals surface area contributed by atoms with Crippen molar-refractivity contribution in [2.24, 2.45) is 7.05 Å². The summed E-state index contributed by atoms with van der Waals surface area (Å²) in [5.41, 5.74) is 3.13. The lowest BCUT2D eigenvalue weighted by atomic mass is 9.77. The first-order valence-electron chi connectivity index (χ1n) is 6.18. The van der Waals surface area contributed by atoms with Gasteiger partial charge in [0, 0.05) is 35.5 Å². The fraction of sp³-hybridized carbons (Fsp3) is 0.667. The van der Waals surface area contributed by atoms with Gasteiger partial charge in [0.05, 0.1) is 0 Å². The van der Waals surface area contributed by atoms with Crippen LogP contribution in [0.3, 0.4) is 0 Å². The summed E-state index contributed by atoms with van der Waals surface area (Å²) in [5.74, 6) is 0. The van der Waals surface area contributed by atoms with Crippen molar-refractivity contribution < 1.29 is 0 Å². The topological polar surface area (TPSA) is 22.0 Å². The van der Waals surface area contributed by atoms with E-state index in [2.05, 4.69) is 46.1 Å². The van der Waals surface area contributed by atoms with E-state index in [1.54, 1.807) is 6.07 Å². The summed E-state index contributed by atoms with van der Waals surface area (Å²) < 4.78 is 2.15. The third-order valence-corrected chi connectivity index (χ3v) is 3.15. The van der Waals surface area contributed by atoms with Crippen LogP contribution in [0.4, 0.5) is 0 Å². The molecule has 0 atom stereocenters. The molecule has 0 aromatic carbocycles. The molecule has 1 aromatic rings. The molecule has 0 spiro atoms. The van der Waals surface area contributed by atoms with E-state index in [1.165, 1.54) is 0 Å². The summed E-state index contributed by atoms with van der Waals surface area (Å²) in [6, 6.07) is 1.75. The number of hydrogen-bond acceptors (Lipinski definition) is 1. The molecule has 1 aromatic heterocycles. The van der Waals surface area contributed by atoms with Crippen molar-refractivity contribution in [1.82, 2.24) is 4.57 Å². The third-order valence-electron chi connectivity index (χ3n) is 3.15. The van der Waals surface area contributed by atoms with E-state index >= 15 is 0 Å². The quantitative estimate of drug-likeness (QED) is 0.676. The zero-order valence-corrected chi connectivity index (χ0v) is 12.4. The molecule has 96 valence electrons. The van der Waals surface area contributed by atoms with Crippen LogP contribution in [0.1, 0.15) is 58.5 Å². The van der Waals surface area contributed by atoms with Crippen LogP contribution in [0.15, 0.2) is 10.9 Å². The van der Waals surface area contributed by atoms with Crippen molar-refractivity contribution in [2.45, 2.75) is 59.3 Å². The number of rotatable bonds is 0. The fourth-order valence-electron chi connectivity index (χ4n) is 2.42. The predicted molar refractivity (Wildman–Crippen MR) is 73.8 cm³/mol. The van der Waals surface area contributed by atoms with Crippen molar-refractivity contribution in [3.05, 3.63) is 33.2 Å². The fourth-order valence-corrected chi connectivity index (χ4v) is 2.42. The van der Waals surface area contributed by atoms with Gasteiger partial charge >= 0.3 is 0 Å². The van der Waals surface area contributed by atoms with E-state index in [0.29, 0.717) is 0 Å². The van der Waals surface area contributed by atoms with E-state index in [4.69, 9.17) is 0 Å². The lowest BCUT2D eigenvalue weighted by molar-refractivity contribution is 0.483. The minimum absolute atomic E-state index is 0.0253. The summed E-state index contributed by atoms with van der Waals surface area (Å²) in [7, 11) is 2.05. The molecule has 17 heavy (non-hydrogen) atoms. The average Bonchev–Trinajstić information content (AvgIpc) is 2.06. The van der Waals surface area contributed by atoms with Gasteiger partial charge in [-0.1, -0.05) is 41.5 Å². The van der Waals surface area contributed by atoms with Crippen molar-refractivity contribution in [3.63, 3.8) is 0 Å². The standard InChI is InChI=1S/C15H25NO/c1-10-9-11(17)12(14(2,3)4)13(16(10)8)15(5,6)7/h9H,1-8H3. The second-order valence-electron chi connectivity index (χ2n) is 6.93. The van der Waals surface area contributed by atoms with Crippen molar-refractivity contribution in [2.75, 3.05) is 0 Å². The summed E-state index contributed by atoms with van der Waals surface area (Å²) in [6.07, 6.45) is 0. The molecule has 0 saturated carbocycles. The molecule has 0 N–H and O–H groups in total. The first-order chi connectivity index (χ1) is 7.46. The van der Waals surface area contributed by atoms with Gasteiger partial charge in [-0.05, 0) is 12.3 Å². The summed E-state index contributed by atoms with van der Waals surface area (Å²) >= 11 is 0. The van der Waals surface area contributed by atoms with Crippen LogP contribution in [-0.4, -0.2) is 4.57 Å². The highest BCUT2D eigenvalue weighted by Crippen LogP contribution is 2.31. The Kier molecular flexibility index (Phi) is 3.30. The number of aryl methyl sites for hydroxylation is 1. The van der Waals surface area contributed by atoms with E-state index in [9.17, 15) is 4.79 Å². The third kappa shape index (κ3) is 2.62. The van der Waals surface area contributed by atoms with Gasteiger partial charge in [-0.15, -0.1) is 0 Å². The van der Waals surface area contributed by atoms with Crippen LogP contribution in [0.2, 0.25) is 0 Å². The van der Waals surface area contributed by atoms with Crippen LogP contribution in [-0.2, 0) is 17.9 Å². The smallest absolute Gasteiger partial charge is 0.185 e. The van der Waals surface area contributed by atoms with Crippen LogP contribution in [0, 0.1) is 6.92 Å². The van der Waals surface area contributed by atoms with Gasteiger partial charge < -0.3 is 4.57 Å². The number of hydrogen-bond donors (Lipinski definition) is 0. The number of pyridine rings is 1. The highest BCUT2D eigenvalue weighted by molar-refractivity contribution is 5.35. The van der Waals surface area contributed by atoms with E-state index in [0.717, 1.165) is 17.0 Å². The van der Waals surface area contributed by atoms with Gasteiger partial charge in [-0.25, -0.2) is 0 Å². The van der Waals surface area contributed by atoms with E-state index < -0.39 is 0 Å². The van der Waals surface area contributed by atoms with E-state index in [1.807, 2.05) is 14.0 Å². The normalized spacial score (nSPS) is 12.9. The summed E-state index contributed by atoms with van der Waals surface area (Å²) in [6.45, 7) is 14.8. The minimum atomic E-state index is -0.120. The number of nitrogens with zero attached hydrogens (tertiary/aromatic N) is 1. The largest absolute Gasteiger partial charge is 0.351 e. The molecule has 0 radical (unpaired) electrons. The molecule has 1 heterocycles. The summed E-state index contributed by atoms with van der Waals surface area (Å²) in [5, 5.41) is 0. The Morgan fingerprint density at radius 3 is 1.82 bits per heavy atom. The Labute approximate surface area is 105 Å². The molecule has 0 aliphatic heterocycles. The molecule has 0 fully saturated rings. The second-order valence-corrected chi connectivity index (χ2v) is 6.93. The monoisotopic (exact) mass is 235 g/mol. The zero-order valence-electron chi connectivity index (χ0n) is 12.4. The predicted octanol–water partition coefficient (Wildman–Crippen LogP) is 3.29. The lowest BCUT2D eigenvalue weighted by Crippen LogP contribution is -2.34. The molecule has 0 aliphatic rings. The van der Waals surface area contributed by atoms with Crippen LogP contribution >= 0.6 is 0 Å². The highest BCUT2D eigenvalue weighted by atomic mass is 16.1. The van der Waals surface area contributed by atoms with Gasteiger partial charge in [0.15, 0.2) is 5.43 Å². The van der Waals surface area contributed by atoms with Gasteiger partial charge in [-0.2, -0.15) is 0 Å². The van der Waals surface area contributed by atoms with Gasteiger partial charge in [0.1, 0.15) is 0 Å². The highest BCUT2D eigenvalue weighted by Gasteiger charge is 2.29. The Bertz CT molecular complexity index is 481. The second kappa shape index (κ2) is 4.01. The van der Waals surface area contributed by atoms with Crippen LogP contribution < -0.4 is 5.43 Å². The molecular weight excluding hydrogens is 210 g/mol. The van der Waals surface area contributed by atoms with E-state index in [-0.39, 0.29) is 16.3 Å². The maximum Gasteiger partial charge on any atom is 0.185 e. The Balaban J connectivity index is 3.83. The van der Waals surface area contributed by atoms with Crippen molar-refractivity contribution in [1.29, 1.82) is 0 Å². The maximum absolute atomic E-state index is 12.3. The Morgan fingerprint density at radius 1 is 1.00 bits per heavy atom. The summed E-state index contributed by atoms with van der Waals surface area (Å²) in [4.78, 5) is 12.3. The molecule has 1 rings (SSSR count).